The number of nitrogens with zero attached hydrogens (tertiary/aromatic N) is 1. The van der Waals surface area contributed by atoms with Crippen LogP contribution in [0.1, 0.15) is 19.4 Å². The highest BCUT2D eigenvalue weighted by molar-refractivity contribution is 7.98. The minimum absolute atomic E-state index is 0.131. The van der Waals surface area contributed by atoms with Crippen LogP contribution in [0.15, 0.2) is 29.3 Å². The van der Waals surface area contributed by atoms with Crippen molar-refractivity contribution < 1.29 is 9.13 Å². The van der Waals surface area contributed by atoms with Crippen LogP contribution in [0.5, 0.6) is 0 Å². The first-order chi connectivity index (χ1) is 10.8. The standard InChI is InChI=1S/C16H26FN3OS/c1-3-18-16(19-9-11-21-4-2)20-10-12-22-13-14-7-5-6-8-15(14)17/h5-8H,3-4,9-13H2,1-2H3,(H2,18,19,20). The molecular weight excluding hydrogens is 301 g/mol. The average molecular weight is 327 g/mol. The lowest BCUT2D eigenvalue weighted by atomic mass is 10.2. The predicted molar refractivity (Wildman–Crippen MR) is 93.0 cm³/mol. The van der Waals surface area contributed by atoms with Gasteiger partial charge in [-0.25, -0.2) is 4.39 Å². The molecule has 2 N–H and O–H groups in total. The van der Waals surface area contributed by atoms with Crippen molar-refractivity contribution in [3.05, 3.63) is 35.6 Å². The second-order valence-corrected chi connectivity index (χ2v) is 5.63. The lowest BCUT2D eigenvalue weighted by Crippen LogP contribution is -2.38. The molecule has 0 fully saturated rings. The zero-order valence-electron chi connectivity index (χ0n) is 13.4. The number of aliphatic imine (C=N–C) groups is 1. The number of thioether (sulfide) groups is 1. The molecule has 1 rings (SSSR count). The molecule has 0 heterocycles. The molecule has 124 valence electrons. The third-order valence-corrected chi connectivity index (χ3v) is 3.82. The van der Waals surface area contributed by atoms with Crippen LogP contribution >= 0.6 is 11.8 Å². The van der Waals surface area contributed by atoms with Crippen molar-refractivity contribution >= 4 is 17.7 Å². The van der Waals surface area contributed by atoms with E-state index in [0.29, 0.717) is 25.5 Å². The molecule has 4 nitrogen and oxygen atoms in total. The van der Waals surface area contributed by atoms with Crippen molar-refractivity contribution in [1.82, 2.24) is 10.6 Å². The van der Waals surface area contributed by atoms with Crippen LogP contribution in [0, 0.1) is 5.82 Å². The summed E-state index contributed by atoms with van der Waals surface area (Å²) in [4.78, 5) is 4.42. The second-order valence-electron chi connectivity index (χ2n) is 4.53. The van der Waals surface area contributed by atoms with E-state index >= 15 is 0 Å². The molecule has 0 saturated carbocycles. The largest absolute Gasteiger partial charge is 0.380 e. The molecule has 1 aromatic rings. The normalized spacial score (nSPS) is 11.5. The maximum Gasteiger partial charge on any atom is 0.191 e. The van der Waals surface area contributed by atoms with Crippen molar-refractivity contribution in [3.63, 3.8) is 0 Å². The van der Waals surface area contributed by atoms with Crippen molar-refractivity contribution in [2.45, 2.75) is 19.6 Å². The van der Waals surface area contributed by atoms with Crippen LogP contribution in [-0.4, -0.2) is 44.6 Å². The summed E-state index contributed by atoms with van der Waals surface area (Å²) < 4.78 is 18.7. The van der Waals surface area contributed by atoms with Crippen LogP contribution in [0.25, 0.3) is 0 Å². The van der Waals surface area contributed by atoms with Gasteiger partial charge in [0.15, 0.2) is 5.96 Å². The van der Waals surface area contributed by atoms with E-state index in [1.54, 1.807) is 17.8 Å². The summed E-state index contributed by atoms with van der Waals surface area (Å²) in [5.74, 6) is 2.25. The molecule has 22 heavy (non-hydrogen) atoms. The fraction of sp³-hybridized carbons (Fsp3) is 0.562. The van der Waals surface area contributed by atoms with E-state index in [1.165, 1.54) is 6.07 Å². The number of hydrogen-bond acceptors (Lipinski definition) is 3. The Kier molecular flexibility index (Phi) is 10.5. The molecule has 0 spiro atoms. The van der Waals surface area contributed by atoms with Crippen LogP contribution in [0.2, 0.25) is 0 Å². The fourth-order valence-corrected chi connectivity index (χ4v) is 2.59. The van der Waals surface area contributed by atoms with Crippen molar-refractivity contribution in [2.24, 2.45) is 4.99 Å². The van der Waals surface area contributed by atoms with Gasteiger partial charge in [-0.15, -0.1) is 0 Å². The van der Waals surface area contributed by atoms with E-state index in [0.717, 1.165) is 30.4 Å². The summed E-state index contributed by atoms with van der Waals surface area (Å²) >= 11 is 1.70. The summed E-state index contributed by atoms with van der Waals surface area (Å²) in [6.07, 6.45) is 0. The SMILES string of the molecule is CCNC(=NCCOCC)NCCSCc1ccccc1F. The number of rotatable bonds is 10. The molecule has 0 amide bonds. The van der Waals surface area contributed by atoms with E-state index in [9.17, 15) is 4.39 Å². The van der Waals surface area contributed by atoms with Crippen LogP contribution < -0.4 is 10.6 Å². The van der Waals surface area contributed by atoms with Gasteiger partial charge in [-0.1, -0.05) is 18.2 Å². The number of halogens is 1. The molecule has 0 aromatic heterocycles. The maximum atomic E-state index is 13.5. The molecule has 0 aliphatic rings. The Bertz CT molecular complexity index is 443. The highest BCUT2D eigenvalue weighted by Crippen LogP contribution is 2.14. The molecule has 0 atom stereocenters. The van der Waals surface area contributed by atoms with Gasteiger partial charge in [-0.2, -0.15) is 11.8 Å². The van der Waals surface area contributed by atoms with E-state index < -0.39 is 0 Å². The lowest BCUT2D eigenvalue weighted by Gasteiger charge is -2.11. The molecular formula is C16H26FN3OS. The summed E-state index contributed by atoms with van der Waals surface area (Å²) in [7, 11) is 0. The Morgan fingerprint density at radius 2 is 2.09 bits per heavy atom. The topological polar surface area (TPSA) is 45.7 Å². The lowest BCUT2D eigenvalue weighted by molar-refractivity contribution is 0.155. The highest BCUT2D eigenvalue weighted by Gasteiger charge is 2.01. The molecule has 6 heteroatoms. The molecule has 1 aromatic carbocycles. The molecule has 0 unspecified atom stereocenters. The Labute approximate surface area is 136 Å². The number of ether oxygens (including phenoxy) is 1. The van der Waals surface area contributed by atoms with Gasteiger partial charge >= 0.3 is 0 Å². The molecule has 0 aliphatic carbocycles. The minimum Gasteiger partial charge on any atom is -0.380 e. The van der Waals surface area contributed by atoms with Crippen molar-refractivity contribution in [3.8, 4) is 0 Å². The zero-order valence-corrected chi connectivity index (χ0v) is 14.2. The van der Waals surface area contributed by atoms with Gasteiger partial charge in [0.1, 0.15) is 5.82 Å². The van der Waals surface area contributed by atoms with Gasteiger partial charge in [0.2, 0.25) is 0 Å². The van der Waals surface area contributed by atoms with Crippen LogP contribution in [-0.2, 0) is 10.5 Å². The first-order valence-corrected chi connectivity index (χ1v) is 8.84. The molecule has 0 radical (unpaired) electrons. The van der Waals surface area contributed by atoms with Gasteiger partial charge in [0.25, 0.3) is 0 Å². The second kappa shape index (κ2) is 12.3. The third-order valence-electron chi connectivity index (χ3n) is 2.81. The van der Waals surface area contributed by atoms with Crippen molar-refractivity contribution in [2.75, 3.05) is 38.6 Å². The number of nitrogens with one attached hydrogen (secondary N) is 2. The maximum absolute atomic E-state index is 13.5. The van der Waals surface area contributed by atoms with Crippen LogP contribution in [0.3, 0.4) is 0 Å². The number of guanidine groups is 1. The molecule has 0 saturated heterocycles. The Hall–Kier alpha value is -1.27. The number of benzene rings is 1. The summed E-state index contributed by atoms with van der Waals surface area (Å²) in [5, 5.41) is 6.46. The smallest absolute Gasteiger partial charge is 0.191 e. The summed E-state index contributed by atoms with van der Waals surface area (Å²) in [6, 6.07) is 6.91. The molecule has 0 aliphatic heterocycles. The predicted octanol–water partition coefficient (Wildman–Crippen LogP) is 2.65. The van der Waals surface area contributed by atoms with Gasteiger partial charge in [-0.05, 0) is 25.5 Å². The Balaban J connectivity index is 2.21. The number of hydrogen-bond donors (Lipinski definition) is 2. The van der Waals surface area contributed by atoms with Gasteiger partial charge in [0, 0.05) is 31.2 Å². The summed E-state index contributed by atoms with van der Waals surface area (Å²) in [6.45, 7) is 7.61. The monoisotopic (exact) mass is 327 g/mol. The fourth-order valence-electron chi connectivity index (χ4n) is 1.75. The Morgan fingerprint density at radius 1 is 1.27 bits per heavy atom. The van der Waals surface area contributed by atoms with Crippen LogP contribution in [0.4, 0.5) is 4.39 Å². The zero-order chi connectivity index (χ0) is 16.0. The highest BCUT2D eigenvalue weighted by atomic mass is 32.2. The first-order valence-electron chi connectivity index (χ1n) is 7.69. The average Bonchev–Trinajstić information content (AvgIpc) is 2.52. The Morgan fingerprint density at radius 3 is 2.82 bits per heavy atom. The van der Waals surface area contributed by atoms with Gasteiger partial charge in [0.05, 0.1) is 13.2 Å². The van der Waals surface area contributed by atoms with Crippen molar-refractivity contribution in [1.29, 1.82) is 0 Å². The quantitative estimate of drug-likeness (QED) is 0.394. The van der Waals surface area contributed by atoms with E-state index in [2.05, 4.69) is 15.6 Å². The molecule has 0 bridgehead atoms. The summed E-state index contributed by atoms with van der Waals surface area (Å²) in [5.41, 5.74) is 0.754. The third kappa shape index (κ3) is 8.24. The van der Waals surface area contributed by atoms with E-state index in [-0.39, 0.29) is 5.82 Å². The van der Waals surface area contributed by atoms with Gasteiger partial charge in [-0.3, -0.25) is 4.99 Å². The first kappa shape index (κ1) is 18.8. The minimum atomic E-state index is -0.131. The van der Waals surface area contributed by atoms with Gasteiger partial charge < -0.3 is 15.4 Å². The van der Waals surface area contributed by atoms with E-state index in [1.807, 2.05) is 26.0 Å². The van der Waals surface area contributed by atoms with E-state index in [4.69, 9.17) is 4.74 Å².